The van der Waals surface area contributed by atoms with E-state index >= 15 is 0 Å². The van der Waals surface area contributed by atoms with Crippen molar-refractivity contribution < 1.29 is 18.0 Å². The van der Waals surface area contributed by atoms with Crippen LogP contribution in [0.2, 0.25) is 5.02 Å². The second-order valence-corrected chi connectivity index (χ2v) is 13.8. The first-order chi connectivity index (χ1) is 20.1. The number of carbonyl (C=O) groups is 2. The summed E-state index contributed by atoms with van der Waals surface area (Å²) in [6, 6.07) is 20.1. The molecule has 224 valence electrons. The van der Waals surface area contributed by atoms with Gasteiger partial charge in [0.1, 0.15) is 12.6 Å². The normalized spacial score (nSPS) is 14.4. The minimum Gasteiger partial charge on any atom is -0.352 e. The van der Waals surface area contributed by atoms with E-state index in [1.807, 2.05) is 44.4 Å². The minimum atomic E-state index is -4.11. The Hall–Kier alpha value is -3.01. The van der Waals surface area contributed by atoms with Gasteiger partial charge in [0.2, 0.25) is 11.8 Å². The molecule has 1 N–H and O–H groups in total. The fraction of sp³-hybridized carbons (Fsp3) is 0.375. The number of nitrogens with one attached hydrogen (secondary N) is 1. The molecule has 0 aromatic heterocycles. The zero-order valence-electron chi connectivity index (χ0n) is 24.3. The van der Waals surface area contributed by atoms with E-state index in [0.717, 1.165) is 46.0 Å². The Morgan fingerprint density at radius 3 is 2.17 bits per heavy atom. The average molecular weight is 628 g/mol. The van der Waals surface area contributed by atoms with Gasteiger partial charge in [-0.25, -0.2) is 8.42 Å². The summed E-state index contributed by atoms with van der Waals surface area (Å²) in [5.41, 5.74) is 2.13. The van der Waals surface area contributed by atoms with Gasteiger partial charge in [-0.1, -0.05) is 61.2 Å². The second kappa shape index (κ2) is 14.4. The van der Waals surface area contributed by atoms with Gasteiger partial charge in [0.15, 0.2) is 0 Å². The fourth-order valence-electron chi connectivity index (χ4n) is 5.19. The number of halogens is 1. The molecule has 1 unspecified atom stereocenters. The highest BCUT2D eigenvalue weighted by Crippen LogP contribution is 2.27. The Kier molecular flexibility index (Phi) is 11.0. The third-order valence-electron chi connectivity index (χ3n) is 7.60. The van der Waals surface area contributed by atoms with Crippen molar-refractivity contribution in [3.63, 3.8) is 0 Å². The lowest BCUT2D eigenvalue weighted by atomic mass is 10.1. The first-order valence-electron chi connectivity index (χ1n) is 14.2. The molecule has 0 saturated heterocycles. The molecule has 0 bridgehead atoms. The van der Waals surface area contributed by atoms with Crippen LogP contribution in [0.15, 0.2) is 82.6 Å². The third kappa shape index (κ3) is 7.88. The predicted molar refractivity (Wildman–Crippen MR) is 170 cm³/mol. The molecule has 1 atom stereocenters. The van der Waals surface area contributed by atoms with Gasteiger partial charge in [0.25, 0.3) is 10.0 Å². The van der Waals surface area contributed by atoms with Gasteiger partial charge in [-0.2, -0.15) is 0 Å². The molecule has 4 rings (SSSR count). The molecule has 1 aliphatic rings. The minimum absolute atomic E-state index is 0.0870. The molecule has 1 fully saturated rings. The number of hydrogen-bond donors (Lipinski definition) is 1. The van der Waals surface area contributed by atoms with Crippen LogP contribution in [0.25, 0.3) is 0 Å². The summed E-state index contributed by atoms with van der Waals surface area (Å²) in [4.78, 5) is 30.2. The van der Waals surface area contributed by atoms with E-state index in [0.29, 0.717) is 17.1 Å². The zero-order chi connectivity index (χ0) is 30.3. The summed E-state index contributed by atoms with van der Waals surface area (Å²) in [6.07, 6.45) is 6.27. The van der Waals surface area contributed by atoms with Gasteiger partial charge in [0, 0.05) is 22.5 Å². The number of thioether (sulfide) groups is 1. The van der Waals surface area contributed by atoms with Crippen LogP contribution >= 0.6 is 23.4 Å². The highest BCUT2D eigenvalue weighted by molar-refractivity contribution is 7.98. The summed E-state index contributed by atoms with van der Waals surface area (Å²) in [6.45, 7) is 3.45. The van der Waals surface area contributed by atoms with Crippen molar-refractivity contribution in [2.24, 2.45) is 0 Å². The third-order valence-corrected chi connectivity index (χ3v) is 10.4. The summed E-state index contributed by atoms with van der Waals surface area (Å²) in [7, 11) is -4.11. The molecule has 1 saturated carbocycles. The molecule has 2 amide bonds. The molecular formula is C32H38ClN3O4S2. The number of carbonyl (C=O) groups excluding carboxylic acids is 2. The SMILES string of the molecule is CCC(C(=O)NC1CCCC1)N(Cc1ccc(Cl)cc1)C(=O)CN(c1ccc(C)cc1)S(=O)(=O)c1ccc(SC)cc1. The van der Waals surface area contributed by atoms with Crippen molar-refractivity contribution in [1.29, 1.82) is 0 Å². The lowest BCUT2D eigenvalue weighted by molar-refractivity contribution is -0.140. The Morgan fingerprint density at radius 2 is 1.60 bits per heavy atom. The zero-order valence-corrected chi connectivity index (χ0v) is 26.6. The maximum atomic E-state index is 14.2. The first kappa shape index (κ1) is 31.9. The van der Waals surface area contributed by atoms with Crippen molar-refractivity contribution in [3.05, 3.63) is 88.9 Å². The molecule has 0 heterocycles. The topological polar surface area (TPSA) is 86.8 Å². The number of amides is 2. The van der Waals surface area contributed by atoms with Crippen LogP contribution in [0.1, 0.15) is 50.2 Å². The number of rotatable bonds is 12. The van der Waals surface area contributed by atoms with Crippen molar-refractivity contribution in [1.82, 2.24) is 10.2 Å². The van der Waals surface area contributed by atoms with E-state index in [-0.39, 0.29) is 23.4 Å². The number of hydrogen-bond acceptors (Lipinski definition) is 5. The lowest BCUT2D eigenvalue weighted by Gasteiger charge is -2.33. The van der Waals surface area contributed by atoms with Crippen LogP contribution in [0.3, 0.4) is 0 Å². The number of sulfonamides is 1. The van der Waals surface area contributed by atoms with Crippen LogP contribution in [-0.2, 0) is 26.2 Å². The maximum Gasteiger partial charge on any atom is 0.264 e. The van der Waals surface area contributed by atoms with Crippen LogP contribution in [0, 0.1) is 6.92 Å². The van der Waals surface area contributed by atoms with E-state index < -0.39 is 28.5 Å². The standard InChI is InChI=1S/C32H38ClN3O4S2/c1-4-30(32(38)34-26-7-5-6-8-26)35(21-24-11-13-25(33)14-12-24)31(37)22-36(27-15-9-23(2)10-16-27)42(39,40)29-19-17-28(41-3)18-20-29/h9-20,26,30H,4-8,21-22H2,1-3H3,(H,34,38). The van der Waals surface area contributed by atoms with E-state index in [2.05, 4.69) is 5.32 Å². The Morgan fingerprint density at radius 1 is 0.976 bits per heavy atom. The van der Waals surface area contributed by atoms with Crippen LogP contribution in [-0.4, -0.2) is 50.0 Å². The van der Waals surface area contributed by atoms with E-state index in [1.165, 1.54) is 16.7 Å². The van der Waals surface area contributed by atoms with Crippen molar-refractivity contribution in [3.8, 4) is 0 Å². The molecule has 3 aromatic rings. The summed E-state index contributed by atoms with van der Waals surface area (Å²) < 4.78 is 29.2. The molecule has 7 nitrogen and oxygen atoms in total. The molecule has 1 aliphatic carbocycles. The summed E-state index contributed by atoms with van der Waals surface area (Å²) in [5.74, 6) is -0.688. The summed E-state index contributed by atoms with van der Waals surface area (Å²) >= 11 is 7.62. The fourth-order valence-corrected chi connectivity index (χ4v) is 7.14. The molecule has 0 aliphatic heterocycles. The van der Waals surface area contributed by atoms with Crippen LogP contribution < -0.4 is 9.62 Å². The quantitative estimate of drug-likeness (QED) is 0.234. The molecule has 42 heavy (non-hydrogen) atoms. The average Bonchev–Trinajstić information content (AvgIpc) is 3.50. The van der Waals surface area contributed by atoms with Crippen LogP contribution in [0.5, 0.6) is 0 Å². The smallest absolute Gasteiger partial charge is 0.264 e. The highest BCUT2D eigenvalue weighted by Gasteiger charge is 2.34. The number of benzene rings is 3. The Labute approximate surface area is 258 Å². The molecule has 3 aromatic carbocycles. The van der Waals surface area contributed by atoms with Gasteiger partial charge in [0.05, 0.1) is 10.6 Å². The predicted octanol–water partition coefficient (Wildman–Crippen LogP) is 6.43. The molecule has 0 spiro atoms. The highest BCUT2D eigenvalue weighted by atomic mass is 35.5. The van der Waals surface area contributed by atoms with Gasteiger partial charge in [-0.05, 0) is 86.5 Å². The van der Waals surface area contributed by atoms with E-state index in [4.69, 9.17) is 11.6 Å². The molecule has 0 radical (unpaired) electrons. The molecule has 10 heteroatoms. The number of nitrogens with zero attached hydrogens (tertiary/aromatic N) is 2. The van der Waals surface area contributed by atoms with Gasteiger partial charge in [-0.15, -0.1) is 11.8 Å². The Bertz CT molecular complexity index is 1460. The largest absolute Gasteiger partial charge is 0.352 e. The van der Waals surface area contributed by atoms with Crippen molar-refractivity contribution in [2.45, 2.75) is 74.4 Å². The van der Waals surface area contributed by atoms with E-state index in [9.17, 15) is 18.0 Å². The lowest BCUT2D eigenvalue weighted by Crippen LogP contribution is -2.53. The summed E-state index contributed by atoms with van der Waals surface area (Å²) in [5, 5.41) is 3.69. The van der Waals surface area contributed by atoms with Crippen molar-refractivity contribution >= 4 is 50.9 Å². The second-order valence-electron chi connectivity index (χ2n) is 10.6. The van der Waals surface area contributed by atoms with Crippen molar-refractivity contribution in [2.75, 3.05) is 17.1 Å². The van der Waals surface area contributed by atoms with Gasteiger partial charge >= 0.3 is 0 Å². The van der Waals surface area contributed by atoms with Crippen LogP contribution in [0.4, 0.5) is 5.69 Å². The maximum absolute atomic E-state index is 14.2. The monoisotopic (exact) mass is 627 g/mol. The first-order valence-corrected chi connectivity index (χ1v) is 17.2. The molecular weight excluding hydrogens is 590 g/mol. The Balaban J connectivity index is 1.70. The van der Waals surface area contributed by atoms with Gasteiger partial charge in [-0.3, -0.25) is 13.9 Å². The number of aryl methyl sites for hydroxylation is 1. The number of anilines is 1. The van der Waals surface area contributed by atoms with Gasteiger partial charge < -0.3 is 10.2 Å². The van der Waals surface area contributed by atoms with E-state index in [1.54, 1.807) is 48.5 Å².